The Balaban J connectivity index is 1.64. The Kier molecular flexibility index (Phi) is 2.99. The summed E-state index contributed by atoms with van der Waals surface area (Å²) >= 11 is 0. The van der Waals surface area contributed by atoms with E-state index in [0.717, 1.165) is 11.6 Å². The molecule has 0 spiro atoms. The lowest BCUT2D eigenvalue weighted by atomic mass is 9.68. The molecule has 0 radical (unpaired) electrons. The normalized spacial score (nSPS) is 32.8. The predicted octanol–water partition coefficient (Wildman–Crippen LogP) is 3.35. The number of anilines is 1. The summed E-state index contributed by atoms with van der Waals surface area (Å²) in [5, 5.41) is 15.0. The van der Waals surface area contributed by atoms with Crippen LogP contribution in [0.5, 0.6) is 0 Å². The summed E-state index contributed by atoms with van der Waals surface area (Å²) in [4.78, 5) is 11.3. The van der Waals surface area contributed by atoms with E-state index in [4.69, 9.17) is 0 Å². The van der Waals surface area contributed by atoms with Crippen LogP contribution in [-0.2, 0) is 0 Å². The number of hydrogen-bond acceptors (Lipinski definition) is 3. The number of carbonyl (C=O) groups excluding carboxylic acids is 1. The molecule has 3 heteroatoms. The number of carbonyl (C=O) groups is 1. The van der Waals surface area contributed by atoms with E-state index in [-0.39, 0.29) is 0 Å². The first-order valence-electron chi connectivity index (χ1n) is 8.89. The van der Waals surface area contributed by atoms with E-state index < -0.39 is 5.97 Å². The lowest BCUT2D eigenvalue weighted by molar-refractivity contribution is -0.255. The maximum absolute atomic E-state index is 11.3. The van der Waals surface area contributed by atoms with Crippen molar-refractivity contribution < 1.29 is 9.90 Å². The molecule has 24 heavy (non-hydrogen) atoms. The highest BCUT2D eigenvalue weighted by Crippen LogP contribution is 2.63. The van der Waals surface area contributed by atoms with E-state index in [2.05, 4.69) is 35.6 Å². The first-order chi connectivity index (χ1) is 11.7. The van der Waals surface area contributed by atoms with E-state index in [1.54, 1.807) is 6.07 Å². The summed E-state index contributed by atoms with van der Waals surface area (Å²) in [5.41, 5.74) is 3.94. The van der Waals surface area contributed by atoms with Gasteiger partial charge < -0.3 is 15.2 Å². The molecule has 3 aliphatic rings. The van der Waals surface area contributed by atoms with Gasteiger partial charge in [-0.05, 0) is 71.8 Å². The van der Waals surface area contributed by atoms with E-state index in [0.29, 0.717) is 29.4 Å². The van der Waals surface area contributed by atoms with Crippen molar-refractivity contribution in [3.8, 4) is 0 Å². The van der Waals surface area contributed by atoms with Crippen LogP contribution in [0.3, 0.4) is 0 Å². The Morgan fingerprint density at radius 1 is 1.04 bits per heavy atom. The molecule has 2 aliphatic carbocycles. The predicted molar refractivity (Wildman–Crippen MR) is 90.6 cm³/mol. The average molecular weight is 318 g/mol. The Labute approximate surface area is 141 Å². The molecule has 2 aromatic rings. The van der Waals surface area contributed by atoms with Gasteiger partial charge in [-0.3, -0.25) is 0 Å². The monoisotopic (exact) mass is 318 g/mol. The summed E-state index contributed by atoms with van der Waals surface area (Å²) in [6.07, 6.45) is 3.88. The van der Waals surface area contributed by atoms with Gasteiger partial charge in [0.1, 0.15) is 0 Å². The van der Waals surface area contributed by atoms with E-state index in [9.17, 15) is 9.90 Å². The van der Waals surface area contributed by atoms with Gasteiger partial charge in [0.25, 0.3) is 0 Å². The van der Waals surface area contributed by atoms with Gasteiger partial charge >= 0.3 is 0 Å². The molecule has 0 saturated heterocycles. The molecular weight excluding hydrogens is 298 g/mol. The average Bonchev–Trinajstić information content (AvgIpc) is 3.23. The molecule has 1 N–H and O–H groups in total. The molecule has 1 aliphatic heterocycles. The molecule has 2 fully saturated rings. The van der Waals surface area contributed by atoms with Crippen molar-refractivity contribution in [1.82, 2.24) is 0 Å². The number of hydrogen-bond donors (Lipinski definition) is 1. The zero-order valence-electron chi connectivity index (χ0n) is 13.4. The van der Waals surface area contributed by atoms with E-state index >= 15 is 0 Å². The van der Waals surface area contributed by atoms with Gasteiger partial charge in [0.2, 0.25) is 0 Å². The smallest absolute Gasteiger partial charge is 0.0715 e. The standard InChI is InChI=1S/C21H21NO2/c23-21(24)15-8-9-17-16(11-15)18-13-6-7-14(10-13)19(18)20(22-17)12-4-2-1-3-5-12/h1-5,8-9,11,13-14,18-20,22H,6-7,10H2,(H,23,24)/p-1/t13-,14+,18+,19-,20-/m0/s1. The highest BCUT2D eigenvalue weighted by atomic mass is 16.4. The highest BCUT2D eigenvalue weighted by Gasteiger charge is 2.53. The van der Waals surface area contributed by atoms with Crippen LogP contribution in [0.25, 0.3) is 0 Å². The van der Waals surface area contributed by atoms with Gasteiger partial charge in [-0.25, -0.2) is 0 Å². The number of aromatic carboxylic acids is 1. The third-order valence-corrected chi connectivity index (χ3v) is 6.48. The molecule has 2 saturated carbocycles. The molecule has 122 valence electrons. The first-order valence-corrected chi connectivity index (χ1v) is 8.89. The second kappa shape index (κ2) is 5.10. The fraction of sp³-hybridized carbons (Fsp3) is 0.381. The molecule has 0 amide bonds. The zero-order chi connectivity index (χ0) is 16.3. The summed E-state index contributed by atoms with van der Waals surface area (Å²) < 4.78 is 0. The number of rotatable bonds is 2. The number of carboxylic acid groups (broad SMARTS) is 1. The molecule has 3 nitrogen and oxygen atoms in total. The van der Waals surface area contributed by atoms with Crippen molar-refractivity contribution >= 4 is 11.7 Å². The number of nitrogens with one attached hydrogen (secondary N) is 1. The third kappa shape index (κ3) is 1.94. The zero-order valence-corrected chi connectivity index (χ0v) is 13.4. The largest absolute Gasteiger partial charge is 0.545 e. The molecule has 5 rings (SSSR count). The Bertz CT molecular complexity index is 801. The molecule has 0 unspecified atom stereocenters. The topological polar surface area (TPSA) is 52.2 Å². The fourth-order valence-electron chi connectivity index (χ4n) is 5.60. The molecule has 1 heterocycles. The minimum Gasteiger partial charge on any atom is -0.545 e. The highest BCUT2D eigenvalue weighted by molar-refractivity contribution is 5.87. The lowest BCUT2D eigenvalue weighted by Crippen LogP contribution is -2.35. The second-order valence-corrected chi connectivity index (χ2v) is 7.56. The summed E-state index contributed by atoms with van der Waals surface area (Å²) in [6, 6.07) is 16.5. The van der Waals surface area contributed by atoms with Gasteiger partial charge in [0.05, 0.1) is 12.0 Å². The van der Waals surface area contributed by atoms with Gasteiger partial charge in [-0.1, -0.05) is 36.4 Å². The van der Waals surface area contributed by atoms with Crippen molar-refractivity contribution in [2.24, 2.45) is 17.8 Å². The minimum atomic E-state index is -1.08. The third-order valence-electron chi connectivity index (χ3n) is 6.48. The molecule has 0 aromatic heterocycles. The Morgan fingerprint density at radius 2 is 1.83 bits per heavy atom. The van der Waals surface area contributed by atoms with Gasteiger partial charge in [-0.15, -0.1) is 0 Å². The Morgan fingerprint density at radius 3 is 2.62 bits per heavy atom. The number of carboxylic acids is 1. The van der Waals surface area contributed by atoms with Crippen molar-refractivity contribution in [1.29, 1.82) is 0 Å². The molecule has 2 aromatic carbocycles. The van der Waals surface area contributed by atoms with Crippen LogP contribution >= 0.6 is 0 Å². The first kappa shape index (κ1) is 14.1. The summed E-state index contributed by atoms with van der Waals surface area (Å²) in [6.45, 7) is 0. The number of fused-ring (bicyclic) bond motifs is 7. The maximum atomic E-state index is 11.3. The van der Waals surface area contributed by atoms with Gasteiger partial charge in [-0.2, -0.15) is 0 Å². The number of benzene rings is 2. The summed E-state index contributed by atoms with van der Waals surface area (Å²) in [5.74, 6) is 1.41. The van der Waals surface area contributed by atoms with Crippen molar-refractivity contribution in [2.75, 3.05) is 5.32 Å². The van der Waals surface area contributed by atoms with Crippen LogP contribution in [0.1, 0.15) is 52.7 Å². The molecule has 5 atom stereocenters. The van der Waals surface area contributed by atoms with Crippen molar-refractivity contribution in [3.05, 3.63) is 65.2 Å². The maximum Gasteiger partial charge on any atom is 0.0715 e. The van der Waals surface area contributed by atoms with Crippen molar-refractivity contribution in [2.45, 2.75) is 31.2 Å². The van der Waals surface area contributed by atoms with Gasteiger partial charge in [0.15, 0.2) is 0 Å². The molecule has 2 bridgehead atoms. The van der Waals surface area contributed by atoms with E-state index in [1.807, 2.05) is 12.1 Å². The second-order valence-electron chi connectivity index (χ2n) is 7.56. The molecular formula is C21H20NO2-. The van der Waals surface area contributed by atoms with Gasteiger partial charge in [0, 0.05) is 5.69 Å². The van der Waals surface area contributed by atoms with Crippen LogP contribution in [0.2, 0.25) is 0 Å². The van der Waals surface area contributed by atoms with Crippen LogP contribution in [-0.4, -0.2) is 5.97 Å². The van der Waals surface area contributed by atoms with Crippen molar-refractivity contribution in [3.63, 3.8) is 0 Å². The van der Waals surface area contributed by atoms with Crippen LogP contribution in [0, 0.1) is 17.8 Å². The SMILES string of the molecule is O=C([O-])c1ccc2c(c1)[C@H]1[C@H]3CC[C@H](C3)[C@@H]1[C@H](c1ccccc1)N2. The van der Waals surface area contributed by atoms with Crippen LogP contribution < -0.4 is 10.4 Å². The van der Waals surface area contributed by atoms with E-state index in [1.165, 1.54) is 30.4 Å². The summed E-state index contributed by atoms with van der Waals surface area (Å²) in [7, 11) is 0. The Hall–Kier alpha value is -2.29. The quantitative estimate of drug-likeness (QED) is 0.924. The lowest BCUT2D eigenvalue weighted by Gasteiger charge is -2.43. The van der Waals surface area contributed by atoms with Crippen LogP contribution in [0.4, 0.5) is 5.69 Å². The van der Waals surface area contributed by atoms with Crippen LogP contribution in [0.15, 0.2) is 48.5 Å². The minimum absolute atomic E-state index is 0.301. The fourth-order valence-corrected chi connectivity index (χ4v) is 5.60.